The zero-order chi connectivity index (χ0) is 15.5. The van der Waals surface area contributed by atoms with Crippen LogP contribution in [-0.2, 0) is 6.18 Å². The van der Waals surface area contributed by atoms with Gasteiger partial charge in [-0.05, 0) is 30.5 Å². The van der Waals surface area contributed by atoms with Gasteiger partial charge in [0.05, 0.1) is 11.6 Å². The highest BCUT2D eigenvalue weighted by Gasteiger charge is 2.35. The van der Waals surface area contributed by atoms with Crippen molar-refractivity contribution in [2.45, 2.75) is 26.4 Å². The lowest BCUT2D eigenvalue weighted by Gasteiger charge is -2.13. The Morgan fingerprint density at radius 2 is 1.95 bits per heavy atom. The van der Waals surface area contributed by atoms with Crippen molar-refractivity contribution in [3.8, 4) is 6.07 Å². The first-order valence-electron chi connectivity index (χ1n) is 5.97. The molecule has 0 spiro atoms. The third-order valence-electron chi connectivity index (χ3n) is 2.74. The maximum atomic E-state index is 13.1. The first-order chi connectivity index (χ1) is 9.16. The molecule has 20 heavy (non-hydrogen) atoms. The van der Waals surface area contributed by atoms with E-state index in [4.69, 9.17) is 5.26 Å². The number of ketones is 1. The predicted octanol–water partition coefficient (Wildman–Crippen LogP) is 4.21. The highest BCUT2D eigenvalue weighted by Crippen LogP contribution is 2.32. The van der Waals surface area contributed by atoms with Gasteiger partial charge in [0, 0.05) is 5.56 Å². The smallest absolute Gasteiger partial charge is 0.293 e. The number of alkyl halides is 3. The van der Waals surface area contributed by atoms with E-state index in [2.05, 4.69) is 0 Å². The number of benzene rings is 1. The Bertz CT molecular complexity index is 543. The van der Waals surface area contributed by atoms with Crippen LogP contribution in [-0.4, -0.2) is 5.78 Å². The van der Waals surface area contributed by atoms with Crippen molar-refractivity contribution in [3.05, 3.63) is 35.1 Å². The molecule has 1 aromatic carbocycles. The first kappa shape index (κ1) is 16.2. The van der Waals surface area contributed by atoms with Gasteiger partial charge in [0.25, 0.3) is 0 Å². The van der Waals surface area contributed by atoms with Gasteiger partial charge in [0.1, 0.15) is 11.7 Å². The minimum atomic E-state index is -4.87. The molecule has 0 fully saturated rings. The van der Waals surface area contributed by atoms with E-state index >= 15 is 0 Å². The minimum absolute atomic E-state index is 0.0473. The van der Waals surface area contributed by atoms with Crippen LogP contribution in [0.3, 0.4) is 0 Å². The molecule has 0 radical (unpaired) electrons. The molecule has 1 unspecified atom stereocenters. The maximum absolute atomic E-state index is 13.1. The predicted molar refractivity (Wildman–Crippen MR) is 64.3 cm³/mol. The lowest BCUT2D eigenvalue weighted by atomic mass is 9.90. The van der Waals surface area contributed by atoms with Gasteiger partial charge in [0.2, 0.25) is 0 Å². The van der Waals surface area contributed by atoms with Gasteiger partial charge >= 0.3 is 6.18 Å². The van der Waals surface area contributed by atoms with E-state index in [9.17, 15) is 22.4 Å². The molecule has 0 aliphatic heterocycles. The number of halogens is 4. The summed E-state index contributed by atoms with van der Waals surface area (Å²) in [6.45, 7) is 3.59. The number of nitrogens with zero attached hydrogens (tertiary/aromatic N) is 1. The Kier molecular flexibility index (Phi) is 4.88. The van der Waals surface area contributed by atoms with E-state index < -0.39 is 29.3 Å². The molecule has 0 saturated carbocycles. The Morgan fingerprint density at radius 3 is 2.40 bits per heavy atom. The third-order valence-corrected chi connectivity index (χ3v) is 2.74. The summed E-state index contributed by atoms with van der Waals surface area (Å²) in [5.41, 5.74) is -1.80. The summed E-state index contributed by atoms with van der Waals surface area (Å²) in [5, 5.41) is 8.92. The molecule has 6 heteroatoms. The van der Waals surface area contributed by atoms with Crippen molar-refractivity contribution in [3.63, 3.8) is 0 Å². The number of hydrogen-bond donors (Lipinski definition) is 0. The normalized spacial score (nSPS) is 13.1. The second-order valence-electron chi connectivity index (χ2n) is 4.87. The number of rotatable bonds is 4. The Morgan fingerprint density at radius 1 is 1.35 bits per heavy atom. The van der Waals surface area contributed by atoms with Gasteiger partial charge < -0.3 is 0 Å². The second-order valence-corrected chi connectivity index (χ2v) is 4.87. The summed E-state index contributed by atoms with van der Waals surface area (Å²) >= 11 is 0. The van der Waals surface area contributed by atoms with Crippen molar-refractivity contribution in [1.82, 2.24) is 0 Å². The van der Waals surface area contributed by atoms with E-state index in [1.165, 1.54) is 0 Å². The van der Waals surface area contributed by atoms with Crippen LogP contribution in [0.4, 0.5) is 17.6 Å². The molecule has 1 aromatic rings. The van der Waals surface area contributed by atoms with Gasteiger partial charge in [-0.15, -0.1) is 0 Å². The van der Waals surface area contributed by atoms with Crippen LogP contribution in [0, 0.1) is 29.0 Å². The van der Waals surface area contributed by atoms with E-state index in [1.807, 2.05) is 0 Å². The Labute approximate surface area is 114 Å². The Balaban J connectivity index is 3.15. The number of Topliss-reactive ketones (excluding diaryl/α,β-unsaturated/α-hetero) is 1. The second kappa shape index (κ2) is 6.04. The standard InChI is InChI=1S/C14H13F4NO/c1-8(2)5-10(7-19)13(20)9-3-4-12(15)11(6-9)14(16,17)18/h3-4,6,8,10H,5H2,1-2H3. The molecule has 1 atom stereocenters. The fourth-order valence-corrected chi connectivity index (χ4v) is 1.79. The van der Waals surface area contributed by atoms with Gasteiger partial charge in [0.15, 0.2) is 5.78 Å². The zero-order valence-electron chi connectivity index (χ0n) is 11.0. The fourth-order valence-electron chi connectivity index (χ4n) is 1.79. The summed E-state index contributed by atoms with van der Waals surface area (Å²) in [6, 6.07) is 3.81. The molecule has 0 bridgehead atoms. The van der Waals surface area contributed by atoms with E-state index in [1.54, 1.807) is 19.9 Å². The van der Waals surface area contributed by atoms with Crippen molar-refractivity contribution < 1.29 is 22.4 Å². The molecule has 1 rings (SSSR count). The molecule has 108 valence electrons. The molecule has 0 aromatic heterocycles. The van der Waals surface area contributed by atoms with Gasteiger partial charge in [-0.2, -0.15) is 18.4 Å². The van der Waals surface area contributed by atoms with Gasteiger partial charge in [-0.1, -0.05) is 13.8 Å². The largest absolute Gasteiger partial charge is 0.419 e. The molecule has 0 saturated heterocycles. The molecule has 0 aliphatic carbocycles. The van der Waals surface area contributed by atoms with Crippen LogP contribution in [0.15, 0.2) is 18.2 Å². The minimum Gasteiger partial charge on any atom is -0.293 e. The van der Waals surface area contributed by atoms with Crippen LogP contribution in [0.2, 0.25) is 0 Å². The highest BCUT2D eigenvalue weighted by atomic mass is 19.4. The summed E-state index contributed by atoms with van der Waals surface area (Å²) in [6.07, 6.45) is -4.63. The molecule has 0 amide bonds. The van der Waals surface area contributed by atoms with E-state index in [0.29, 0.717) is 12.1 Å². The molecule has 2 nitrogen and oxygen atoms in total. The van der Waals surface area contributed by atoms with Crippen molar-refractivity contribution in [2.75, 3.05) is 0 Å². The molecular formula is C14H13F4NO. The average Bonchev–Trinajstić information content (AvgIpc) is 2.34. The number of nitriles is 1. The topological polar surface area (TPSA) is 40.9 Å². The highest BCUT2D eigenvalue weighted by molar-refractivity contribution is 5.99. The molecule has 0 aliphatic rings. The first-order valence-corrected chi connectivity index (χ1v) is 5.97. The van der Waals surface area contributed by atoms with Crippen LogP contribution in [0.1, 0.15) is 36.2 Å². The number of carbonyl (C=O) groups excluding carboxylic acids is 1. The summed E-state index contributed by atoms with van der Waals surface area (Å²) in [5.74, 6) is -3.13. The quantitative estimate of drug-likeness (QED) is 0.614. The monoisotopic (exact) mass is 287 g/mol. The lowest BCUT2D eigenvalue weighted by molar-refractivity contribution is -0.140. The molecule has 0 heterocycles. The third kappa shape index (κ3) is 3.80. The molecule has 0 N–H and O–H groups in total. The van der Waals surface area contributed by atoms with Crippen LogP contribution in [0.25, 0.3) is 0 Å². The van der Waals surface area contributed by atoms with E-state index in [-0.39, 0.29) is 17.9 Å². The van der Waals surface area contributed by atoms with Gasteiger partial charge in [-0.25, -0.2) is 4.39 Å². The van der Waals surface area contributed by atoms with Crippen LogP contribution >= 0.6 is 0 Å². The SMILES string of the molecule is CC(C)CC(C#N)C(=O)c1ccc(F)c(C(F)(F)F)c1. The average molecular weight is 287 g/mol. The number of carbonyl (C=O) groups is 1. The van der Waals surface area contributed by atoms with Crippen LogP contribution in [0.5, 0.6) is 0 Å². The Hall–Kier alpha value is -1.90. The van der Waals surface area contributed by atoms with E-state index in [0.717, 1.165) is 6.07 Å². The van der Waals surface area contributed by atoms with Crippen molar-refractivity contribution in [2.24, 2.45) is 11.8 Å². The van der Waals surface area contributed by atoms with Crippen LogP contribution < -0.4 is 0 Å². The van der Waals surface area contributed by atoms with Crippen molar-refractivity contribution in [1.29, 1.82) is 5.26 Å². The zero-order valence-corrected chi connectivity index (χ0v) is 11.0. The molecular weight excluding hydrogens is 274 g/mol. The van der Waals surface area contributed by atoms with Gasteiger partial charge in [-0.3, -0.25) is 4.79 Å². The fraction of sp³-hybridized carbons (Fsp3) is 0.429. The summed E-state index contributed by atoms with van der Waals surface area (Å²) in [7, 11) is 0. The lowest BCUT2D eigenvalue weighted by Crippen LogP contribution is -2.17. The summed E-state index contributed by atoms with van der Waals surface area (Å²) in [4.78, 5) is 12.0. The maximum Gasteiger partial charge on any atom is 0.419 e. The van der Waals surface area contributed by atoms with Crippen molar-refractivity contribution >= 4 is 5.78 Å². The summed E-state index contributed by atoms with van der Waals surface area (Å²) < 4.78 is 50.8. The number of hydrogen-bond acceptors (Lipinski definition) is 2.